The van der Waals surface area contributed by atoms with E-state index in [0.717, 1.165) is 11.3 Å². The predicted octanol–water partition coefficient (Wildman–Crippen LogP) is 1.27. The second-order valence-electron chi connectivity index (χ2n) is 5.76. The number of fused-ring (bicyclic) bond motifs is 3. The van der Waals surface area contributed by atoms with Gasteiger partial charge in [0.25, 0.3) is 5.56 Å². The van der Waals surface area contributed by atoms with Gasteiger partial charge in [-0.15, -0.1) is 11.6 Å². The smallest absolute Gasteiger partial charge is 0.313 e. The Hall–Kier alpha value is -2.28. The van der Waals surface area contributed by atoms with Gasteiger partial charge in [-0.1, -0.05) is 12.2 Å². The minimum Gasteiger partial charge on any atom is -0.313 e. The highest BCUT2D eigenvalue weighted by Crippen LogP contribution is 2.16. The first kappa shape index (κ1) is 15.6. The molecule has 0 fully saturated rings. The predicted molar refractivity (Wildman–Crippen MR) is 90.5 cm³/mol. The maximum atomic E-state index is 12.8. The summed E-state index contributed by atoms with van der Waals surface area (Å²) in [4.78, 5) is 29.7. The lowest BCUT2D eigenvalue weighted by Crippen LogP contribution is -2.39. The van der Waals surface area contributed by atoms with Crippen LogP contribution >= 0.6 is 11.6 Å². The summed E-state index contributed by atoms with van der Waals surface area (Å²) in [5.74, 6) is 1.05. The molecule has 0 N–H and O–H groups in total. The molecule has 3 heterocycles. The van der Waals surface area contributed by atoms with Crippen molar-refractivity contribution in [2.45, 2.75) is 26.9 Å². The zero-order chi connectivity index (χ0) is 16.9. The van der Waals surface area contributed by atoms with E-state index in [1.165, 1.54) is 9.13 Å². The molecule has 8 heteroatoms. The monoisotopic (exact) mass is 335 g/mol. The molecule has 0 atom stereocenters. The molecule has 3 aromatic rings. The quantitative estimate of drug-likeness (QED) is 0.533. The third-order valence-corrected chi connectivity index (χ3v) is 4.05. The Morgan fingerprint density at radius 2 is 2.04 bits per heavy atom. The number of allylic oxidation sites excluding steroid dienone is 1. The van der Waals surface area contributed by atoms with Crippen molar-refractivity contribution in [3.05, 3.63) is 44.9 Å². The van der Waals surface area contributed by atoms with Crippen LogP contribution in [0.15, 0.2) is 27.9 Å². The van der Waals surface area contributed by atoms with Crippen molar-refractivity contribution in [2.75, 3.05) is 5.88 Å². The molecule has 7 nitrogen and oxygen atoms in total. The summed E-state index contributed by atoms with van der Waals surface area (Å²) in [7, 11) is 1.62. The molecule has 0 saturated carbocycles. The molecule has 122 valence electrons. The largest absolute Gasteiger partial charge is 0.332 e. The van der Waals surface area contributed by atoms with Gasteiger partial charge in [-0.05, 0) is 13.8 Å². The van der Waals surface area contributed by atoms with Gasteiger partial charge >= 0.3 is 5.69 Å². The lowest BCUT2D eigenvalue weighted by atomic mass is 10.3. The van der Waals surface area contributed by atoms with Crippen molar-refractivity contribution in [3.8, 4) is 0 Å². The van der Waals surface area contributed by atoms with Crippen molar-refractivity contribution in [1.29, 1.82) is 0 Å². The van der Waals surface area contributed by atoms with E-state index in [9.17, 15) is 9.59 Å². The number of aryl methyl sites for hydroxylation is 3. The van der Waals surface area contributed by atoms with Gasteiger partial charge in [0.1, 0.15) is 0 Å². The summed E-state index contributed by atoms with van der Waals surface area (Å²) in [6.45, 7) is 8.27. The van der Waals surface area contributed by atoms with Crippen molar-refractivity contribution in [2.24, 2.45) is 7.05 Å². The Morgan fingerprint density at radius 1 is 1.35 bits per heavy atom. The average molecular weight is 336 g/mol. The van der Waals surface area contributed by atoms with E-state index in [-0.39, 0.29) is 12.1 Å². The van der Waals surface area contributed by atoms with Crippen LogP contribution in [0.5, 0.6) is 0 Å². The van der Waals surface area contributed by atoms with Crippen LogP contribution in [0, 0.1) is 6.92 Å². The molecule has 0 aliphatic heterocycles. The minimum atomic E-state index is -0.396. The van der Waals surface area contributed by atoms with E-state index < -0.39 is 5.69 Å². The molecule has 0 aromatic carbocycles. The van der Waals surface area contributed by atoms with Crippen LogP contribution in [-0.2, 0) is 20.1 Å². The van der Waals surface area contributed by atoms with E-state index in [4.69, 9.17) is 11.6 Å². The summed E-state index contributed by atoms with van der Waals surface area (Å²) in [6.07, 6.45) is 1.84. The molecule has 0 spiro atoms. The van der Waals surface area contributed by atoms with E-state index >= 15 is 0 Å². The fourth-order valence-corrected chi connectivity index (χ4v) is 2.99. The van der Waals surface area contributed by atoms with Gasteiger partial charge in [0.2, 0.25) is 5.78 Å². The number of halogens is 1. The van der Waals surface area contributed by atoms with Crippen molar-refractivity contribution >= 4 is 28.5 Å². The minimum absolute atomic E-state index is 0.191. The van der Waals surface area contributed by atoms with Crippen LogP contribution in [0.2, 0.25) is 0 Å². The zero-order valence-electron chi connectivity index (χ0n) is 13.3. The molecule has 0 bridgehead atoms. The van der Waals surface area contributed by atoms with E-state index in [0.29, 0.717) is 29.4 Å². The number of rotatable bonds is 4. The molecule has 0 amide bonds. The second-order valence-corrected chi connectivity index (χ2v) is 6.13. The molecule has 0 saturated heterocycles. The summed E-state index contributed by atoms with van der Waals surface area (Å²) >= 11 is 5.85. The lowest BCUT2D eigenvalue weighted by molar-refractivity contribution is 0.651. The number of hydrogen-bond donors (Lipinski definition) is 0. The van der Waals surface area contributed by atoms with E-state index in [1.54, 1.807) is 18.4 Å². The number of aromatic nitrogens is 5. The molecular formula is C15H18ClN5O2. The Bertz CT molecular complexity index is 1050. The summed E-state index contributed by atoms with van der Waals surface area (Å²) < 4.78 is 6.24. The maximum absolute atomic E-state index is 12.8. The SMILES string of the molecule is C=C(C)Cn1c(=O)c2c(nc3n(CCCl)c(C)cn23)n(C)c1=O. The van der Waals surface area contributed by atoms with Crippen LogP contribution < -0.4 is 11.2 Å². The first-order chi connectivity index (χ1) is 10.9. The first-order valence-electron chi connectivity index (χ1n) is 7.25. The number of nitrogens with zero attached hydrogens (tertiary/aromatic N) is 5. The molecule has 3 rings (SSSR count). The molecule has 23 heavy (non-hydrogen) atoms. The molecular weight excluding hydrogens is 318 g/mol. The number of hydrogen-bond acceptors (Lipinski definition) is 3. The van der Waals surface area contributed by atoms with Gasteiger partial charge < -0.3 is 4.57 Å². The molecule has 0 aliphatic carbocycles. The number of alkyl halides is 1. The Kier molecular flexibility index (Phi) is 3.68. The fraction of sp³-hybridized carbons (Fsp3) is 0.400. The molecule has 0 unspecified atom stereocenters. The Labute approximate surface area is 137 Å². The zero-order valence-corrected chi connectivity index (χ0v) is 14.1. The summed E-state index contributed by atoms with van der Waals surface area (Å²) in [6, 6.07) is 0. The van der Waals surface area contributed by atoms with Crippen LogP contribution in [0.1, 0.15) is 12.6 Å². The lowest BCUT2D eigenvalue weighted by Gasteiger charge is -2.07. The standard InChI is InChI=1S/C15H18ClN5O2/c1-9(2)7-21-13(22)11-12(18(4)15(21)23)17-14-19(6-5-16)10(3)8-20(11)14/h8H,1,5-7H2,2-4H3. The first-order valence-corrected chi connectivity index (χ1v) is 7.78. The summed E-state index contributed by atoms with van der Waals surface area (Å²) in [5.41, 5.74) is 1.69. The Morgan fingerprint density at radius 3 is 2.65 bits per heavy atom. The maximum Gasteiger partial charge on any atom is 0.332 e. The third-order valence-electron chi connectivity index (χ3n) is 3.88. The van der Waals surface area contributed by atoms with Crippen LogP contribution in [0.3, 0.4) is 0 Å². The van der Waals surface area contributed by atoms with Gasteiger partial charge in [0.15, 0.2) is 11.2 Å². The van der Waals surface area contributed by atoms with Gasteiger partial charge in [-0.2, -0.15) is 4.98 Å². The van der Waals surface area contributed by atoms with Gasteiger partial charge in [-0.3, -0.25) is 18.3 Å². The van der Waals surface area contributed by atoms with Crippen molar-refractivity contribution < 1.29 is 0 Å². The van der Waals surface area contributed by atoms with Crippen LogP contribution in [0.4, 0.5) is 0 Å². The van der Waals surface area contributed by atoms with E-state index in [2.05, 4.69) is 11.6 Å². The fourth-order valence-electron chi connectivity index (χ4n) is 2.83. The molecule has 0 aliphatic rings. The summed E-state index contributed by atoms with van der Waals surface area (Å²) in [5, 5.41) is 0. The number of imidazole rings is 2. The van der Waals surface area contributed by atoms with Gasteiger partial charge in [0, 0.05) is 31.4 Å². The highest BCUT2D eigenvalue weighted by molar-refractivity contribution is 6.17. The molecule has 0 radical (unpaired) electrons. The van der Waals surface area contributed by atoms with E-state index in [1.807, 2.05) is 17.7 Å². The average Bonchev–Trinajstić information content (AvgIpc) is 2.98. The molecule has 3 aromatic heterocycles. The van der Waals surface area contributed by atoms with Crippen LogP contribution in [0.25, 0.3) is 16.9 Å². The van der Waals surface area contributed by atoms with Crippen molar-refractivity contribution in [1.82, 2.24) is 23.1 Å². The van der Waals surface area contributed by atoms with Gasteiger partial charge in [-0.25, -0.2) is 4.79 Å². The van der Waals surface area contributed by atoms with Crippen molar-refractivity contribution in [3.63, 3.8) is 0 Å². The second kappa shape index (κ2) is 5.42. The highest BCUT2D eigenvalue weighted by Gasteiger charge is 2.19. The highest BCUT2D eigenvalue weighted by atomic mass is 35.5. The topological polar surface area (TPSA) is 66.2 Å². The third kappa shape index (κ3) is 2.23. The van der Waals surface area contributed by atoms with Crippen LogP contribution in [-0.4, -0.2) is 29.0 Å². The van der Waals surface area contributed by atoms with Gasteiger partial charge in [0.05, 0.1) is 6.54 Å². The normalized spacial score (nSPS) is 11.7. The Balaban J connectivity index is 2.47.